The van der Waals surface area contributed by atoms with Crippen LogP contribution in [0.3, 0.4) is 0 Å². The summed E-state index contributed by atoms with van der Waals surface area (Å²) in [6.45, 7) is 0. The molecule has 1 fully saturated rings. The molecule has 19 heavy (non-hydrogen) atoms. The molecule has 0 spiro atoms. The molecule has 0 unspecified atom stereocenters. The van der Waals surface area contributed by atoms with Crippen LogP contribution in [0.1, 0.15) is 29.6 Å². The zero-order valence-electron chi connectivity index (χ0n) is 10.3. The summed E-state index contributed by atoms with van der Waals surface area (Å²) in [6, 6.07) is 5.70. The van der Waals surface area contributed by atoms with E-state index in [0.717, 1.165) is 18.4 Å². The number of nitriles is 1. The van der Waals surface area contributed by atoms with Gasteiger partial charge in [0.15, 0.2) is 0 Å². The third-order valence-corrected chi connectivity index (χ3v) is 3.49. The Morgan fingerprint density at radius 1 is 1.53 bits per heavy atom. The van der Waals surface area contributed by atoms with Gasteiger partial charge in [-0.1, -0.05) is 0 Å². The van der Waals surface area contributed by atoms with Gasteiger partial charge in [0.25, 0.3) is 0 Å². The van der Waals surface area contributed by atoms with E-state index >= 15 is 0 Å². The van der Waals surface area contributed by atoms with Crippen LogP contribution in [0.5, 0.6) is 0 Å². The summed E-state index contributed by atoms with van der Waals surface area (Å²) in [7, 11) is 0. The quantitative estimate of drug-likeness (QED) is 0.771. The maximum absolute atomic E-state index is 12.0. The van der Waals surface area contributed by atoms with Gasteiger partial charge in [-0.15, -0.1) is 0 Å². The van der Waals surface area contributed by atoms with Gasteiger partial charge in [0.1, 0.15) is 6.10 Å². The van der Waals surface area contributed by atoms with Gasteiger partial charge in [-0.05, 0) is 25.0 Å². The molecule has 2 heterocycles. The molecule has 5 heteroatoms. The van der Waals surface area contributed by atoms with E-state index in [1.807, 2.05) is 4.40 Å². The zero-order chi connectivity index (χ0) is 13.2. The molecule has 5 nitrogen and oxygen atoms in total. The van der Waals surface area contributed by atoms with Crippen molar-refractivity contribution in [2.45, 2.75) is 25.4 Å². The molecule has 1 saturated carbocycles. The number of carbonyl (C=O) groups excluding carboxylic acids is 1. The van der Waals surface area contributed by atoms with E-state index < -0.39 is 0 Å². The van der Waals surface area contributed by atoms with Crippen LogP contribution in [0.2, 0.25) is 0 Å². The molecule has 1 aliphatic rings. The van der Waals surface area contributed by atoms with E-state index in [9.17, 15) is 4.79 Å². The van der Waals surface area contributed by atoms with E-state index in [-0.39, 0.29) is 18.0 Å². The van der Waals surface area contributed by atoms with Crippen molar-refractivity contribution in [1.29, 1.82) is 5.26 Å². The Hall–Kier alpha value is -2.35. The fourth-order valence-corrected chi connectivity index (χ4v) is 2.43. The zero-order valence-corrected chi connectivity index (χ0v) is 10.3. The van der Waals surface area contributed by atoms with Crippen LogP contribution in [0.15, 0.2) is 30.9 Å². The number of hydrogen-bond donors (Lipinski definition) is 0. The van der Waals surface area contributed by atoms with Gasteiger partial charge in [0, 0.05) is 18.5 Å². The van der Waals surface area contributed by atoms with Gasteiger partial charge in [0.05, 0.1) is 29.7 Å². The fourth-order valence-electron chi connectivity index (χ4n) is 2.43. The normalized spacial score (nSPS) is 22.3. The van der Waals surface area contributed by atoms with E-state index in [1.165, 1.54) is 0 Å². The molecule has 0 saturated heterocycles. The maximum Gasteiger partial charge on any atom is 0.338 e. The molecule has 2 aromatic rings. The lowest BCUT2D eigenvalue weighted by molar-refractivity contribution is 0.0313. The second kappa shape index (κ2) is 4.73. The largest absolute Gasteiger partial charge is 0.459 e. The van der Waals surface area contributed by atoms with Crippen LogP contribution in [-0.4, -0.2) is 21.5 Å². The minimum absolute atomic E-state index is 0.0232. The van der Waals surface area contributed by atoms with Crippen LogP contribution in [0.25, 0.3) is 5.52 Å². The maximum atomic E-state index is 12.0. The molecule has 2 aromatic heterocycles. The summed E-state index contributed by atoms with van der Waals surface area (Å²) in [6.07, 6.45) is 7.27. The standard InChI is InChI=1S/C14H13N3O2/c15-7-10-1-2-13(5-10)19-14(18)11-3-4-17-9-16-8-12(17)6-11/h3-4,6,8-10,13H,1-2,5H2/t10-,13-/m1/s1. The average molecular weight is 255 g/mol. The summed E-state index contributed by atoms with van der Waals surface area (Å²) >= 11 is 0. The topological polar surface area (TPSA) is 67.4 Å². The molecule has 0 amide bonds. The van der Waals surface area contributed by atoms with Crippen molar-refractivity contribution in [2.75, 3.05) is 0 Å². The Kier molecular flexibility index (Phi) is 2.92. The smallest absolute Gasteiger partial charge is 0.338 e. The number of ether oxygens (including phenoxy) is 1. The lowest BCUT2D eigenvalue weighted by Crippen LogP contribution is -2.15. The number of hydrogen-bond acceptors (Lipinski definition) is 4. The van der Waals surface area contributed by atoms with E-state index in [1.54, 1.807) is 30.9 Å². The van der Waals surface area contributed by atoms with E-state index in [0.29, 0.717) is 12.0 Å². The number of aromatic nitrogens is 2. The number of nitrogens with zero attached hydrogens (tertiary/aromatic N) is 3. The van der Waals surface area contributed by atoms with Gasteiger partial charge < -0.3 is 9.14 Å². The summed E-state index contributed by atoms with van der Waals surface area (Å²) in [5.41, 5.74) is 1.38. The highest BCUT2D eigenvalue weighted by Gasteiger charge is 2.27. The van der Waals surface area contributed by atoms with E-state index in [4.69, 9.17) is 10.00 Å². The van der Waals surface area contributed by atoms with Gasteiger partial charge in [0.2, 0.25) is 0 Å². The van der Waals surface area contributed by atoms with Crippen molar-refractivity contribution in [3.05, 3.63) is 36.4 Å². The highest BCUT2D eigenvalue weighted by atomic mass is 16.5. The number of imidazole rings is 1. The van der Waals surface area contributed by atoms with Crippen molar-refractivity contribution in [3.63, 3.8) is 0 Å². The van der Waals surface area contributed by atoms with Crippen molar-refractivity contribution >= 4 is 11.5 Å². The third-order valence-electron chi connectivity index (χ3n) is 3.49. The second-order valence-corrected chi connectivity index (χ2v) is 4.81. The first-order chi connectivity index (χ1) is 9.26. The molecule has 96 valence electrons. The average Bonchev–Trinajstić information content (AvgIpc) is 3.05. The van der Waals surface area contributed by atoms with Crippen LogP contribution in [0, 0.1) is 17.2 Å². The fraction of sp³-hybridized carbons (Fsp3) is 0.357. The molecule has 0 radical (unpaired) electrons. The number of rotatable bonds is 2. The highest BCUT2D eigenvalue weighted by molar-refractivity contribution is 5.90. The minimum atomic E-state index is -0.327. The SMILES string of the molecule is N#C[C@@H]1CC[C@@H](OC(=O)c2ccn3cncc3c2)C1. The molecule has 0 aliphatic heterocycles. The second-order valence-electron chi connectivity index (χ2n) is 4.81. The van der Waals surface area contributed by atoms with Gasteiger partial charge >= 0.3 is 5.97 Å². The number of fused-ring (bicyclic) bond motifs is 1. The first kappa shape index (κ1) is 11.7. The minimum Gasteiger partial charge on any atom is -0.459 e. The Labute approximate surface area is 110 Å². The molecule has 0 N–H and O–H groups in total. The van der Waals surface area contributed by atoms with Gasteiger partial charge in [-0.25, -0.2) is 9.78 Å². The summed E-state index contributed by atoms with van der Waals surface area (Å²) < 4.78 is 7.27. The predicted octanol–water partition coefficient (Wildman–Crippen LogP) is 2.18. The van der Waals surface area contributed by atoms with E-state index in [2.05, 4.69) is 11.1 Å². The van der Waals surface area contributed by atoms with Crippen LogP contribution < -0.4 is 0 Å². The van der Waals surface area contributed by atoms with Crippen LogP contribution in [0.4, 0.5) is 0 Å². The van der Waals surface area contributed by atoms with Crippen molar-refractivity contribution < 1.29 is 9.53 Å². The Morgan fingerprint density at radius 3 is 3.21 bits per heavy atom. The number of carbonyl (C=O) groups is 1. The number of pyridine rings is 1. The van der Waals surface area contributed by atoms with Crippen molar-refractivity contribution in [1.82, 2.24) is 9.38 Å². The first-order valence-corrected chi connectivity index (χ1v) is 6.28. The Bertz CT molecular complexity index is 656. The molecular formula is C14H13N3O2. The monoisotopic (exact) mass is 255 g/mol. The van der Waals surface area contributed by atoms with Crippen LogP contribution in [-0.2, 0) is 4.74 Å². The Balaban J connectivity index is 1.72. The van der Waals surface area contributed by atoms with Crippen molar-refractivity contribution in [3.8, 4) is 6.07 Å². The first-order valence-electron chi connectivity index (χ1n) is 6.28. The Morgan fingerprint density at radius 2 is 2.42 bits per heavy atom. The predicted molar refractivity (Wildman–Crippen MR) is 67.3 cm³/mol. The summed E-state index contributed by atoms with van der Waals surface area (Å²) in [5.74, 6) is -0.303. The molecular weight excluding hydrogens is 242 g/mol. The van der Waals surface area contributed by atoms with Gasteiger partial charge in [-0.3, -0.25) is 0 Å². The molecule has 1 aliphatic carbocycles. The lowest BCUT2D eigenvalue weighted by atomic mass is 10.1. The molecule has 3 rings (SSSR count). The lowest BCUT2D eigenvalue weighted by Gasteiger charge is -2.11. The third kappa shape index (κ3) is 2.29. The molecule has 0 bridgehead atoms. The van der Waals surface area contributed by atoms with Gasteiger partial charge in [-0.2, -0.15) is 5.26 Å². The highest BCUT2D eigenvalue weighted by Crippen LogP contribution is 2.27. The molecule has 0 aromatic carbocycles. The number of esters is 1. The van der Waals surface area contributed by atoms with Crippen molar-refractivity contribution in [2.24, 2.45) is 5.92 Å². The summed E-state index contributed by atoms with van der Waals surface area (Å²) in [5, 5.41) is 8.83. The summed E-state index contributed by atoms with van der Waals surface area (Å²) in [4.78, 5) is 16.0. The van der Waals surface area contributed by atoms with Crippen LogP contribution >= 0.6 is 0 Å². The molecule has 2 atom stereocenters.